The molecule has 0 bridgehead atoms. The van der Waals surface area contributed by atoms with Crippen molar-refractivity contribution in [3.05, 3.63) is 12.2 Å². The van der Waals surface area contributed by atoms with E-state index in [1.54, 1.807) is 0 Å². The Kier molecular flexibility index (Phi) is 35.8. The number of hydrogen-bond donors (Lipinski definition) is 10. The van der Waals surface area contributed by atoms with Gasteiger partial charge in [0.1, 0.15) is 0 Å². The zero-order valence-corrected chi connectivity index (χ0v) is 32.1. The Bertz CT molecular complexity index is 792. The van der Waals surface area contributed by atoms with Crippen LogP contribution in [0.4, 0.5) is 0 Å². The Hall–Kier alpha value is -1.72. The van der Waals surface area contributed by atoms with Crippen LogP contribution in [-0.2, 0) is 9.59 Å². The van der Waals surface area contributed by atoms with Crippen LogP contribution in [-0.4, -0.2) is 152 Å². The molecule has 2 amide bonds. The van der Waals surface area contributed by atoms with E-state index in [2.05, 4.69) is 67.8 Å². The molecule has 0 fully saturated rings. The Balaban J connectivity index is 4.60. The van der Waals surface area contributed by atoms with Gasteiger partial charge in [0.05, 0.1) is 12.1 Å². The standard InChI is InChI=1S/C36H80N12O2/c1-3-4-5-29-48(30-13-27-46-36(50)34(44-25-11-19-40)15-7-21-42-23-9-17-38)32-31-47(2)28-12-26-45-35(49)33(43-24-10-18-39)14-6-20-41-22-8-16-37/h4-5,33-34,41-44H,3,6-32,37-40H2,1-2H3,(H,45,49)(H,46,50). The molecule has 50 heavy (non-hydrogen) atoms. The summed E-state index contributed by atoms with van der Waals surface area (Å²) in [6, 6.07) is -0.399. The Morgan fingerprint density at radius 2 is 1.02 bits per heavy atom. The maximum atomic E-state index is 13.0. The minimum atomic E-state index is -0.202. The van der Waals surface area contributed by atoms with Gasteiger partial charge in [0, 0.05) is 39.3 Å². The van der Waals surface area contributed by atoms with Gasteiger partial charge in [0.15, 0.2) is 0 Å². The van der Waals surface area contributed by atoms with Crippen molar-refractivity contribution < 1.29 is 9.59 Å². The van der Waals surface area contributed by atoms with Crippen molar-refractivity contribution in [1.29, 1.82) is 0 Å². The first-order valence-electron chi connectivity index (χ1n) is 19.7. The first-order valence-corrected chi connectivity index (χ1v) is 19.7. The second-order valence-corrected chi connectivity index (χ2v) is 13.1. The van der Waals surface area contributed by atoms with Gasteiger partial charge in [-0.1, -0.05) is 19.1 Å². The quantitative estimate of drug-likeness (QED) is 0.0283. The van der Waals surface area contributed by atoms with Gasteiger partial charge in [-0.2, -0.15) is 0 Å². The summed E-state index contributed by atoms with van der Waals surface area (Å²) in [5.41, 5.74) is 22.5. The molecule has 296 valence electrons. The number of nitrogens with two attached hydrogens (primary N) is 4. The molecule has 0 saturated carbocycles. The second kappa shape index (κ2) is 37.1. The lowest BCUT2D eigenvalue weighted by Gasteiger charge is -2.25. The van der Waals surface area contributed by atoms with Gasteiger partial charge < -0.3 is 59.7 Å². The first kappa shape index (κ1) is 48.3. The predicted molar refractivity (Wildman–Crippen MR) is 211 cm³/mol. The average Bonchev–Trinajstić information content (AvgIpc) is 3.11. The van der Waals surface area contributed by atoms with Crippen LogP contribution in [0.5, 0.6) is 0 Å². The monoisotopic (exact) mass is 713 g/mol. The summed E-state index contributed by atoms with van der Waals surface area (Å²) < 4.78 is 0. The smallest absolute Gasteiger partial charge is 0.237 e. The van der Waals surface area contributed by atoms with E-state index < -0.39 is 0 Å². The molecule has 0 radical (unpaired) electrons. The molecule has 0 spiro atoms. The molecular weight excluding hydrogens is 632 g/mol. The summed E-state index contributed by atoms with van der Waals surface area (Å²) in [4.78, 5) is 30.7. The molecule has 2 unspecified atom stereocenters. The lowest BCUT2D eigenvalue weighted by Crippen LogP contribution is -2.46. The summed E-state index contributed by atoms with van der Waals surface area (Å²) in [5, 5.41) is 19.9. The maximum absolute atomic E-state index is 13.0. The fourth-order valence-electron chi connectivity index (χ4n) is 5.40. The highest BCUT2D eigenvalue weighted by molar-refractivity contribution is 5.82. The fourth-order valence-corrected chi connectivity index (χ4v) is 5.40. The van der Waals surface area contributed by atoms with Crippen molar-refractivity contribution in [3.63, 3.8) is 0 Å². The van der Waals surface area contributed by atoms with Crippen molar-refractivity contribution in [1.82, 2.24) is 41.7 Å². The topological polar surface area (TPSA) is 217 Å². The van der Waals surface area contributed by atoms with Crippen LogP contribution in [0.1, 0.15) is 77.6 Å². The zero-order valence-electron chi connectivity index (χ0n) is 32.1. The van der Waals surface area contributed by atoms with Crippen LogP contribution in [0.2, 0.25) is 0 Å². The number of hydrogen-bond acceptors (Lipinski definition) is 12. The number of nitrogens with one attached hydrogen (secondary N) is 6. The number of nitrogens with zero attached hydrogens (tertiary/aromatic N) is 2. The van der Waals surface area contributed by atoms with E-state index in [0.29, 0.717) is 39.3 Å². The molecule has 0 saturated heterocycles. The minimum absolute atomic E-state index is 0.0700. The lowest BCUT2D eigenvalue weighted by molar-refractivity contribution is -0.124. The molecule has 0 heterocycles. The second-order valence-electron chi connectivity index (χ2n) is 13.1. The van der Waals surface area contributed by atoms with Gasteiger partial charge in [0.25, 0.3) is 0 Å². The van der Waals surface area contributed by atoms with Crippen LogP contribution >= 0.6 is 0 Å². The summed E-state index contributed by atoms with van der Waals surface area (Å²) in [7, 11) is 2.14. The molecule has 14 heteroatoms. The highest BCUT2D eigenvalue weighted by Crippen LogP contribution is 2.01. The maximum Gasteiger partial charge on any atom is 0.237 e. The van der Waals surface area contributed by atoms with E-state index in [1.165, 1.54) is 0 Å². The molecule has 0 rings (SSSR count). The third-order valence-electron chi connectivity index (χ3n) is 8.51. The number of carbonyl (C=O) groups excluding carboxylic acids is 2. The van der Waals surface area contributed by atoms with Gasteiger partial charge in [-0.05, 0) is 150 Å². The van der Waals surface area contributed by atoms with Crippen molar-refractivity contribution in [3.8, 4) is 0 Å². The summed E-state index contributed by atoms with van der Waals surface area (Å²) in [6.45, 7) is 15.7. The molecule has 0 aromatic heterocycles. The molecular formula is C36H80N12O2. The largest absolute Gasteiger partial charge is 0.355 e. The highest BCUT2D eigenvalue weighted by Gasteiger charge is 2.18. The molecule has 0 aliphatic heterocycles. The number of amides is 2. The summed E-state index contributed by atoms with van der Waals surface area (Å²) in [6.07, 6.45) is 14.3. The lowest BCUT2D eigenvalue weighted by atomic mass is 10.1. The van der Waals surface area contributed by atoms with Crippen molar-refractivity contribution in [2.24, 2.45) is 22.9 Å². The van der Waals surface area contributed by atoms with E-state index in [1.807, 2.05) is 0 Å². The van der Waals surface area contributed by atoms with E-state index in [-0.39, 0.29) is 23.9 Å². The van der Waals surface area contributed by atoms with Crippen LogP contribution in [0.3, 0.4) is 0 Å². The third-order valence-corrected chi connectivity index (χ3v) is 8.51. The SMILES string of the molecule is CCC=CCN(CCCNC(=O)C(CCCNCCCN)NCCCN)CCN(C)CCCNC(=O)C(CCCNCCCN)NCCCN. The summed E-state index contributed by atoms with van der Waals surface area (Å²) in [5.74, 6) is 0.141. The molecule has 14 nitrogen and oxygen atoms in total. The van der Waals surface area contributed by atoms with Gasteiger partial charge in [-0.15, -0.1) is 0 Å². The minimum Gasteiger partial charge on any atom is -0.355 e. The van der Waals surface area contributed by atoms with Crippen molar-refractivity contribution >= 4 is 11.8 Å². The number of likely N-dealkylation sites (N-methyl/N-ethyl adjacent to an activating group) is 1. The normalized spacial score (nSPS) is 13.0. The Morgan fingerprint density at radius 1 is 0.560 bits per heavy atom. The zero-order chi connectivity index (χ0) is 36.9. The van der Waals surface area contributed by atoms with Crippen LogP contribution in [0, 0.1) is 0 Å². The van der Waals surface area contributed by atoms with E-state index in [4.69, 9.17) is 22.9 Å². The van der Waals surface area contributed by atoms with E-state index in [9.17, 15) is 9.59 Å². The van der Waals surface area contributed by atoms with Crippen LogP contribution in [0.15, 0.2) is 12.2 Å². The van der Waals surface area contributed by atoms with Gasteiger partial charge in [0.2, 0.25) is 11.8 Å². The molecule has 0 aliphatic carbocycles. The van der Waals surface area contributed by atoms with Crippen LogP contribution < -0.4 is 54.8 Å². The number of allylic oxidation sites excluding steroid dienone is 1. The van der Waals surface area contributed by atoms with Gasteiger partial charge in [-0.3, -0.25) is 14.5 Å². The molecule has 0 aromatic carbocycles. The molecule has 0 aliphatic rings. The fraction of sp³-hybridized carbons (Fsp3) is 0.889. The van der Waals surface area contributed by atoms with E-state index >= 15 is 0 Å². The molecule has 2 atom stereocenters. The first-order chi connectivity index (χ1) is 24.4. The van der Waals surface area contributed by atoms with Gasteiger partial charge >= 0.3 is 0 Å². The average molecular weight is 713 g/mol. The van der Waals surface area contributed by atoms with Gasteiger partial charge in [-0.25, -0.2) is 0 Å². The highest BCUT2D eigenvalue weighted by atomic mass is 16.2. The van der Waals surface area contributed by atoms with Crippen LogP contribution in [0.25, 0.3) is 0 Å². The number of carbonyl (C=O) groups is 2. The molecule has 0 aromatic rings. The van der Waals surface area contributed by atoms with E-state index in [0.717, 1.165) is 143 Å². The van der Waals surface area contributed by atoms with Crippen molar-refractivity contribution in [2.75, 3.05) is 118 Å². The summed E-state index contributed by atoms with van der Waals surface area (Å²) >= 11 is 0. The third kappa shape index (κ3) is 30.0. The Labute approximate surface area is 305 Å². The Morgan fingerprint density at radius 3 is 1.50 bits per heavy atom. The number of rotatable bonds is 38. The predicted octanol–water partition coefficient (Wildman–Crippen LogP) is -0.750. The van der Waals surface area contributed by atoms with Crippen molar-refractivity contribution in [2.45, 2.75) is 89.6 Å². The molecule has 14 N–H and O–H groups in total.